The molecule has 1 amide bonds. The van der Waals surface area contributed by atoms with Gasteiger partial charge in [0.1, 0.15) is 5.69 Å². The third-order valence-electron chi connectivity index (χ3n) is 3.75. The molecule has 1 aliphatic heterocycles. The van der Waals surface area contributed by atoms with E-state index in [-0.39, 0.29) is 17.6 Å². The van der Waals surface area contributed by atoms with Crippen molar-refractivity contribution < 1.29 is 14.1 Å². The average molecular weight is 303 g/mol. The number of amides is 1. The fourth-order valence-electron chi connectivity index (χ4n) is 2.30. The predicted octanol–water partition coefficient (Wildman–Crippen LogP) is 1.41. The minimum absolute atomic E-state index is 0.0119. The van der Waals surface area contributed by atoms with Crippen molar-refractivity contribution >= 4 is 5.91 Å². The maximum atomic E-state index is 12.3. The van der Waals surface area contributed by atoms with Gasteiger partial charge in [0.2, 0.25) is 11.7 Å². The number of hydrogen-bond donors (Lipinski definition) is 0. The summed E-state index contributed by atoms with van der Waals surface area (Å²) < 4.78 is 10.0. The number of likely N-dealkylation sites (tertiary alicyclic amines) is 1. The second-order valence-electron chi connectivity index (χ2n) is 5.34. The van der Waals surface area contributed by atoms with E-state index in [1.165, 1.54) is 19.5 Å². The van der Waals surface area contributed by atoms with E-state index in [2.05, 4.69) is 27.0 Å². The van der Waals surface area contributed by atoms with Crippen LogP contribution >= 0.6 is 0 Å². The molecule has 1 saturated heterocycles. The summed E-state index contributed by atoms with van der Waals surface area (Å²) in [6, 6.07) is 0. The van der Waals surface area contributed by atoms with Crippen LogP contribution in [0.1, 0.15) is 30.5 Å². The molecule has 0 unspecified atom stereocenters. The molecule has 0 aromatic carbocycles. The molecule has 3 heterocycles. The van der Waals surface area contributed by atoms with Crippen molar-refractivity contribution in [2.45, 2.75) is 19.8 Å². The van der Waals surface area contributed by atoms with E-state index in [0.29, 0.717) is 17.5 Å². The normalized spacial score (nSPS) is 15.8. The number of rotatable bonds is 3. The second kappa shape index (κ2) is 6.08. The van der Waals surface area contributed by atoms with Crippen LogP contribution in [0.3, 0.4) is 0 Å². The summed E-state index contributed by atoms with van der Waals surface area (Å²) >= 11 is 0. The zero-order valence-corrected chi connectivity index (χ0v) is 12.5. The summed E-state index contributed by atoms with van der Waals surface area (Å²) in [5, 5.41) is 3.80. The molecule has 116 valence electrons. The summed E-state index contributed by atoms with van der Waals surface area (Å²) in [6.07, 6.45) is 4.92. The maximum absolute atomic E-state index is 12.3. The Morgan fingerprint density at radius 3 is 2.73 bits per heavy atom. The Morgan fingerprint density at radius 1 is 1.32 bits per heavy atom. The van der Waals surface area contributed by atoms with Gasteiger partial charge in [0.05, 0.1) is 19.5 Å². The molecular weight excluding hydrogens is 286 g/mol. The van der Waals surface area contributed by atoms with Crippen molar-refractivity contribution in [3.8, 4) is 17.4 Å². The van der Waals surface area contributed by atoms with E-state index in [1.807, 2.05) is 0 Å². The maximum Gasteiger partial charge on any atom is 0.316 e. The van der Waals surface area contributed by atoms with Crippen LogP contribution in [0.15, 0.2) is 16.9 Å². The van der Waals surface area contributed by atoms with Crippen molar-refractivity contribution in [2.75, 3.05) is 20.2 Å². The Bertz CT molecular complexity index is 647. The molecule has 8 heteroatoms. The van der Waals surface area contributed by atoms with Crippen molar-refractivity contribution in [3.05, 3.63) is 18.3 Å². The fraction of sp³-hybridized carbons (Fsp3) is 0.500. The summed E-state index contributed by atoms with van der Waals surface area (Å²) in [6.45, 7) is 3.63. The molecule has 1 aliphatic rings. The highest BCUT2D eigenvalue weighted by Gasteiger charge is 2.26. The van der Waals surface area contributed by atoms with E-state index in [0.717, 1.165) is 25.9 Å². The Hall–Kier alpha value is -2.51. The van der Waals surface area contributed by atoms with Gasteiger partial charge < -0.3 is 14.2 Å². The van der Waals surface area contributed by atoms with Crippen LogP contribution < -0.4 is 4.74 Å². The van der Waals surface area contributed by atoms with Crippen LogP contribution in [0.25, 0.3) is 11.5 Å². The van der Waals surface area contributed by atoms with Crippen LogP contribution in [-0.2, 0) is 0 Å². The number of aromatic nitrogens is 4. The average Bonchev–Trinajstić information content (AvgIpc) is 3.05. The lowest BCUT2D eigenvalue weighted by Crippen LogP contribution is -2.38. The summed E-state index contributed by atoms with van der Waals surface area (Å²) in [5.74, 6) is 1.04. The summed E-state index contributed by atoms with van der Waals surface area (Å²) in [5.41, 5.74) is 0.427. The molecule has 0 N–H and O–H groups in total. The van der Waals surface area contributed by atoms with E-state index in [1.54, 1.807) is 4.90 Å². The molecule has 0 atom stereocenters. The molecule has 8 nitrogen and oxygen atoms in total. The lowest BCUT2D eigenvalue weighted by atomic mass is 9.99. The predicted molar refractivity (Wildman–Crippen MR) is 76.2 cm³/mol. The van der Waals surface area contributed by atoms with Gasteiger partial charge in [-0.15, -0.1) is 0 Å². The number of carbonyl (C=O) groups is 1. The molecular formula is C14H17N5O3. The van der Waals surface area contributed by atoms with E-state index in [4.69, 9.17) is 9.26 Å². The number of ether oxygens (including phenoxy) is 1. The Kier molecular flexibility index (Phi) is 3.99. The lowest BCUT2D eigenvalue weighted by molar-refractivity contribution is 0.0647. The largest absolute Gasteiger partial charge is 0.480 e. The highest BCUT2D eigenvalue weighted by Crippen LogP contribution is 2.19. The highest BCUT2D eigenvalue weighted by atomic mass is 16.5. The molecule has 2 aromatic rings. The van der Waals surface area contributed by atoms with Crippen LogP contribution in [0, 0.1) is 5.92 Å². The smallest absolute Gasteiger partial charge is 0.316 e. The van der Waals surface area contributed by atoms with Gasteiger partial charge in [-0.05, 0) is 18.8 Å². The summed E-state index contributed by atoms with van der Waals surface area (Å²) in [4.78, 5) is 26.3. The zero-order valence-electron chi connectivity index (χ0n) is 12.5. The number of nitrogens with zero attached hydrogens (tertiary/aromatic N) is 5. The minimum Gasteiger partial charge on any atom is -0.480 e. The number of carbonyl (C=O) groups excluding carboxylic acids is 1. The number of hydrogen-bond acceptors (Lipinski definition) is 7. The first-order valence-electron chi connectivity index (χ1n) is 7.16. The molecule has 3 rings (SSSR count). The standard InChI is InChI=1S/C14H17N5O3/c1-9-3-5-19(6-4-9)14(20)13-17-12(18-22-13)10-7-16-11(21-2)8-15-10/h7-9H,3-6H2,1-2H3. The van der Waals surface area contributed by atoms with Gasteiger partial charge in [0, 0.05) is 13.1 Å². The fourth-order valence-corrected chi connectivity index (χ4v) is 2.30. The third kappa shape index (κ3) is 2.90. The lowest BCUT2D eigenvalue weighted by Gasteiger charge is -2.28. The van der Waals surface area contributed by atoms with Crippen LogP contribution in [0.5, 0.6) is 5.88 Å². The van der Waals surface area contributed by atoms with Gasteiger partial charge in [0.25, 0.3) is 0 Å². The molecule has 0 saturated carbocycles. The topological polar surface area (TPSA) is 94.2 Å². The number of piperidine rings is 1. The van der Waals surface area contributed by atoms with Crippen LogP contribution in [0.2, 0.25) is 0 Å². The SMILES string of the molecule is COc1cnc(-c2noc(C(=O)N3CCC(C)CC3)n2)cn1. The van der Waals surface area contributed by atoms with E-state index in [9.17, 15) is 4.79 Å². The van der Waals surface area contributed by atoms with Gasteiger partial charge in [-0.2, -0.15) is 4.98 Å². The highest BCUT2D eigenvalue weighted by molar-refractivity contribution is 5.90. The first-order chi connectivity index (χ1) is 10.7. The van der Waals surface area contributed by atoms with Crippen molar-refractivity contribution in [2.24, 2.45) is 5.92 Å². The molecule has 0 spiro atoms. The molecule has 0 radical (unpaired) electrons. The van der Waals surface area contributed by atoms with Crippen molar-refractivity contribution in [1.82, 2.24) is 25.0 Å². The van der Waals surface area contributed by atoms with E-state index >= 15 is 0 Å². The Morgan fingerprint density at radius 2 is 2.09 bits per heavy atom. The van der Waals surface area contributed by atoms with Gasteiger partial charge in [0.15, 0.2) is 0 Å². The molecule has 0 bridgehead atoms. The van der Waals surface area contributed by atoms with Crippen LogP contribution in [0.4, 0.5) is 0 Å². The summed E-state index contributed by atoms with van der Waals surface area (Å²) in [7, 11) is 1.51. The van der Waals surface area contributed by atoms with Crippen LogP contribution in [-0.4, -0.2) is 51.1 Å². The minimum atomic E-state index is -0.230. The first kappa shape index (κ1) is 14.4. The quantitative estimate of drug-likeness (QED) is 0.846. The Balaban J connectivity index is 1.73. The second-order valence-corrected chi connectivity index (χ2v) is 5.34. The van der Waals surface area contributed by atoms with Gasteiger partial charge in [-0.3, -0.25) is 4.79 Å². The van der Waals surface area contributed by atoms with E-state index < -0.39 is 0 Å². The van der Waals surface area contributed by atoms with Gasteiger partial charge >= 0.3 is 11.8 Å². The molecule has 22 heavy (non-hydrogen) atoms. The van der Waals surface area contributed by atoms with Crippen molar-refractivity contribution in [1.29, 1.82) is 0 Å². The molecule has 0 aliphatic carbocycles. The molecule has 1 fully saturated rings. The van der Waals surface area contributed by atoms with Gasteiger partial charge in [-0.25, -0.2) is 9.97 Å². The third-order valence-corrected chi connectivity index (χ3v) is 3.75. The molecule has 2 aromatic heterocycles. The van der Waals surface area contributed by atoms with Gasteiger partial charge in [-0.1, -0.05) is 12.1 Å². The number of methoxy groups -OCH3 is 1. The zero-order chi connectivity index (χ0) is 15.5. The van der Waals surface area contributed by atoms with Crippen molar-refractivity contribution in [3.63, 3.8) is 0 Å². The monoisotopic (exact) mass is 303 g/mol. The first-order valence-corrected chi connectivity index (χ1v) is 7.16. The Labute approximate surface area is 127 Å².